The number of nitrogens with one attached hydrogen (secondary N) is 1. The molecule has 3 aromatic rings. The van der Waals surface area contributed by atoms with Crippen LogP contribution in [0.1, 0.15) is 11.4 Å². The predicted octanol–water partition coefficient (Wildman–Crippen LogP) is 1.61. The molecular formula is C12H12N4O. The second-order valence-corrected chi connectivity index (χ2v) is 3.79. The molecule has 0 fully saturated rings. The molecular weight excluding hydrogens is 216 g/mol. The second kappa shape index (κ2) is 4.39. The van der Waals surface area contributed by atoms with Gasteiger partial charge < -0.3 is 14.2 Å². The summed E-state index contributed by atoms with van der Waals surface area (Å²) in [6, 6.07) is 7.80. The third-order valence-electron chi connectivity index (χ3n) is 2.52. The Hall–Kier alpha value is -2.14. The first-order chi connectivity index (χ1) is 8.42. The summed E-state index contributed by atoms with van der Waals surface area (Å²) in [5, 5.41) is 7.09. The maximum Gasteiger partial charge on any atom is 0.137 e. The van der Waals surface area contributed by atoms with Gasteiger partial charge in [-0.15, -0.1) is 0 Å². The molecule has 3 heterocycles. The van der Waals surface area contributed by atoms with E-state index in [1.165, 1.54) is 0 Å². The molecule has 0 radical (unpaired) electrons. The highest BCUT2D eigenvalue weighted by atomic mass is 16.5. The maximum absolute atomic E-state index is 4.76. The highest BCUT2D eigenvalue weighted by Crippen LogP contribution is 2.04. The summed E-state index contributed by atoms with van der Waals surface area (Å²) in [6.45, 7) is 1.40. The zero-order chi connectivity index (χ0) is 11.5. The van der Waals surface area contributed by atoms with Crippen LogP contribution in [0, 0.1) is 0 Å². The Kier molecular flexibility index (Phi) is 2.59. The van der Waals surface area contributed by atoms with Gasteiger partial charge in [0.2, 0.25) is 0 Å². The zero-order valence-electron chi connectivity index (χ0n) is 9.21. The van der Waals surface area contributed by atoms with Crippen LogP contribution in [0.5, 0.6) is 0 Å². The van der Waals surface area contributed by atoms with Gasteiger partial charge in [-0.3, -0.25) is 0 Å². The summed E-state index contributed by atoms with van der Waals surface area (Å²) in [5.74, 6) is 0. The fourth-order valence-corrected chi connectivity index (χ4v) is 1.72. The Bertz CT molecular complexity index is 567. The fourth-order valence-electron chi connectivity index (χ4n) is 1.72. The standard InChI is InChI=1S/C12H12N4O/c1-2-5-16-9-11(14-12(16)3-1)8-13-7-10-4-6-17-15-10/h1-6,9,13H,7-8H2. The number of aromatic nitrogens is 3. The number of hydrogen-bond acceptors (Lipinski definition) is 4. The van der Waals surface area contributed by atoms with Crippen molar-refractivity contribution in [3.8, 4) is 0 Å². The first-order valence-corrected chi connectivity index (χ1v) is 5.44. The van der Waals surface area contributed by atoms with E-state index in [1.807, 2.05) is 41.1 Å². The zero-order valence-corrected chi connectivity index (χ0v) is 9.21. The molecule has 0 aromatic carbocycles. The van der Waals surface area contributed by atoms with Gasteiger partial charge in [-0.2, -0.15) is 0 Å². The van der Waals surface area contributed by atoms with Crippen LogP contribution >= 0.6 is 0 Å². The lowest BCUT2D eigenvalue weighted by Gasteiger charge is -1.97. The molecule has 0 spiro atoms. The van der Waals surface area contributed by atoms with Crippen molar-refractivity contribution in [3.63, 3.8) is 0 Å². The Morgan fingerprint density at radius 1 is 1.18 bits per heavy atom. The topological polar surface area (TPSA) is 55.4 Å². The van der Waals surface area contributed by atoms with Gasteiger partial charge in [0.05, 0.1) is 11.4 Å². The lowest BCUT2D eigenvalue weighted by molar-refractivity contribution is 0.408. The number of rotatable bonds is 4. The van der Waals surface area contributed by atoms with Crippen molar-refractivity contribution in [1.82, 2.24) is 19.9 Å². The molecule has 0 aliphatic heterocycles. The van der Waals surface area contributed by atoms with Gasteiger partial charge in [0.1, 0.15) is 11.9 Å². The molecule has 5 heteroatoms. The van der Waals surface area contributed by atoms with Gasteiger partial charge in [-0.1, -0.05) is 11.2 Å². The largest absolute Gasteiger partial charge is 0.364 e. The van der Waals surface area contributed by atoms with E-state index in [4.69, 9.17) is 4.52 Å². The Balaban J connectivity index is 1.65. The molecule has 17 heavy (non-hydrogen) atoms. The van der Waals surface area contributed by atoms with Gasteiger partial charge in [0.25, 0.3) is 0 Å². The smallest absolute Gasteiger partial charge is 0.137 e. The van der Waals surface area contributed by atoms with E-state index in [1.54, 1.807) is 6.26 Å². The van der Waals surface area contributed by atoms with Gasteiger partial charge in [0, 0.05) is 31.5 Å². The van der Waals surface area contributed by atoms with Crippen LogP contribution < -0.4 is 5.32 Å². The molecule has 0 amide bonds. The minimum absolute atomic E-state index is 0.685. The Morgan fingerprint density at radius 2 is 2.12 bits per heavy atom. The Morgan fingerprint density at radius 3 is 2.94 bits per heavy atom. The molecule has 86 valence electrons. The molecule has 0 aliphatic carbocycles. The third kappa shape index (κ3) is 2.19. The summed E-state index contributed by atoms with van der Waals surface area (Å²) in [7, 11) is 0. The lowest BCUT2D eigenvalue weighted by atomic mass is 10.4. The van der Waals surface area contributed by atoms with Crippen molar-refractivity contribution in [3.05, 3.63) is 54.3 Å². The second-order valence-electron chi connectivity index (χ2n) is 3.79. The first kappa shape index (κ1) is 10.0. The van der Waals surface area contributed by atoms with Crippen molar-refractivity contribution >= 4 is 5.65 Å². The van der Waals surface area contributed by atoms with E-state index in [0.717, 1.165) is 17.0 Å². The van der Waals surface area contributed by atoms with E-state index in [0.29, 0.717) is 13.1 Å². The molecule has 3 aromatic heterocycles. The number of pyridine rings is 1. The van der Waals surface area contributed by atoms with Crippen molar-refractivity contribution in [2.75, 3.05) is 0 Å². The Labute approximate surface area is 98.1 Å². The van der Waals surface area contributed by atoms with Gasteiger partial charge in [0.15, 0.2) is 0 Å². The molecule has 0 bridgehead atoms. The molecule has 3 rings (SSSR count). The molecule has 0 saturated heterocycles. The molecule has 0 atom stereocenters. The predicted molar refractivity (Wildman–Crippen MR) is 62.2 cm³/mol. The fraction of sp³-hybridized carbons (Fsp3) is 0.167. The first-order valence-electron chi connectivity index (χ1n) is 5.44. The van der Waals surface area contributed by atoms with Crippen molar-refractivity contribution in [1.29, 1.82) is 0 Å². The minimum atomic E-state index is 0.685. The highest BCUT2D eigenvalue weighted by Gasteiger charge is 2.01. The van der Waals surface area contributed by atoms with E-state index in [9.17, 15) is 0 Å². The lowest BCUT2D eigenvalue weighted by Crippen LogP contribution is -2.12. The van der Waals surface area contributed by atoms with Crippen LogP contribution in [0.25, 0.3) is 5.65 Å². The minimum Gasteiger partial charge on any atom is -0.364 e. The average Bonchev–Trinajstić information content (AvgIpc) is 2.96. The van der Waals surface area contributed by atoms with Gasteiger partial charge >= 0.3 is 0 Å². The van der Waals surface area contributed by atoms with Gasteiger partial charge in [-0.05, 0) is 12.1 Å². The molecule has 0 saturated carbocycles. The van der Waals surface area contributed by atoms with Crippen molar-refractivity contribution in [2.45, 2.75) is 13.1 Å². The van der Waals surface area contributed by atoms with E-state index >= 15 is 0 Å². The summed E-state index contributed by atoms with van der Waals surface area (Å²) < 4.78 is 6.76. The summed E-state index contributed by atoms with van der Waals surface area (Å²) in [4.78, 5) is 4.49. The number of fused-ring (bicyclic) bond motifs is 1. The van der Waals surface area contributed by atoms with Crippen molar-refractivity contribution in [2.24, 2.45) is 0 Å². The van der Waals surface area contributed by atoms with Gasteiger partial charge in [-0.25, -0.2) is 4.98 Å². The number of imidazole rings is 1. The number of hydrogen-bond donors (Lipinski definition) is 1. The third-order valence-corrected chi connectivity index (χ3v) is 2.52. The van der Waals surface area contributed by atoms with Crippen LogP contribution in [0.4, 0.5) is 0 Å². The molecule has 0 aliphatic rings. The van der Waals surface area contributed by atoms with Crippen LogP contribution in [0.3, 0.4) is 0 Å². The summed E-state index contributed by atoms with van der Waals surface area (Å²) >= 11 is 0. The van der Waals surface area contributed by atoms with E-state index in [-0.39, 0.29) is 0 Å². The van der Waals surface area contributed by atoms with Crippen LogP contribution in [0.15, 0.2) is 47.4 Å². The summed E-state index contributed by atoms with van der Waals surface area (Å²) in [5.41, 5.74) is 2.87. The normalized spacial score (nSPS) is 11.1. The van der Waals surface area contributed by atoms with Crippen LogP contribution in [-0.2, 0) is 13.1 Å². The average molecular weight is 228 g/mol. The molecule has 0 unspecified atom stereocenters. The summed E-state index contributed by atoms with van der Waals surface area (Å²) in [6.07, 6.45) is 5.58. The highest BCUT2D eigenvalue weighted by molar-refractivity contribution is 5.39. The van der Waals surface area contributed by atoms with E-state index < -0.39 is 0 Å². The van der Waals surface area contributed by atoms with Crippen LogP contribution in [-0.4, -0.2) is 14.5 Å². The monoisotopic (exact) mass is 228 g/mol. The quantitative estimate of drug-likeness (QED) is 0.737. The molecule has 1 N–H and O–H groups in total. The number of nitrogens with zero attached hydrogens (tertiary/aromatic N) is 3. The van der Waals surface area contributed by atoms with Crippen LogP contribution in [0.2, 0.25) is 0 Å². The maximum atomic E-state index is 4.76. The van der Waals surface area contributed by atoms with E-state index in [2.05, 4.69) is 15.5 Å². The SMILES string of the molecule is c1ccn2cc(CNCc3ccon3)nc2c1. The van der Waals surface area contributed by atoms with Crippen molar-refractivity contribution < 1.29 is 4.52 Å². The molecule has 5 nitrogen and oxygen atoms in total.